The van der Waals surface area contributed by atoms with Crippen LogP contribution >= 0.6 is 11.8 Å². The average Bonchev–Trinajstić information content (AvgIpc) is 2.94. The van der Waals surface area contributed by atoms with Crippen LogP contribution in [0, 0.1) is 10.1 Å². The fourth-order valence-corrected chi connectivity index (χ4v) is 3.50. The maximum Gasteiger partial charge on any atom is 0.306 e. The summed E-state index contributed by atoms with van der Waals surface area (Å²) in [5, 5.41) is 28.6. The number of rotatable bonds is 7. The van der Waals surface area contributed by atoms with Crippen molar-refractivity contribution in [2.45, 2.75) is 49.6 Å². The third-order valence-electron chi connectivity index (χ3n) is 3.83. The average molecular weight is 314 g/mol. The van der Waals surface area contributed by atoms with Gasteiger partial charge in [-0.1, -0.05) is 6.42 Å². The molecule has 8 heteroatoms. The van der Waals surface area contributed by atoms with Crippen LogP contribution in [-0.4, -0.2) is 50.0 Å². The number of nitrogens with one attached hydrogen (secondary N) is 1. The predicted molar refractivity (Wildman–Crippen MR) is 82.4 cm³/mol. The molecule has 0 aliphatic heterocycles. The van der Waals surface area contributed by atoms with E-state index in [4.69, 9.17) is 0 Å². The number of aliphatic hydroxyl groups is 1. The fraction of sp³-hybridized carbons (Fsp3) is 0.769. The van der Waals surface area contributed by atoms with Gasteiger partial charge in [-0.3, -0.25) is 14.8 Å². The minimum absolute atomic E-state index is 0.0507. The zero-order valence-electron chi connectivity index (χ0n) is 12.1. The van der Waals surface area contributed by atoms with E-state index in [-0.39, 0.29) is 12.2 Å². The van der Waals surface area contributed by atoms with Gasteiger partial charge in [0.1, 0.15) is 12.4 Å². The van der Waals surface area contributed by atoms with Crippen LogP contribution in [-0.2, 0) is 6.54 Å². The van der Waals surface area contributed by atoms with Crippen LogP contribution in [0.1, 0.15) is 25.7 Å². The predicted octanol–water partition coefficient (Wildman–Crippen LogP) is 1.42. The van der Waals surface area contributed by atoms with Gasteiger partial charge in [-0.05, 0) is 25.5 Å². The minimum atomic E-state index is -0.598. The largest absolute Gasteiger partial charge is 0.390 e. The van der Waals surface area contributed by atoms with Gasteiger partial charge in [0, 0.05) is 17.8 Å². The molecular formula is C13H22N4O3S. The van der Waals surface area contributed by atoms with Crippen LogP contribution in [0.3, 0.4) is 0 Å². The summed E-state index contributed by atoms with van der Waals surface area (Å²) in [4.78, 5) is 10.1. The molecule has 3 unspecified atom stereocenters. The van der Waals surface area contributed by atoms with Gasteiger partial charge in [-0.2, -0.15) is 16.9 Å². The molecule has 1 fully saturated rings. The molecule has 1 aromatic rings. The Labute approximate surface area is 128 Å². The lowest BCUT2D eigenvalue weighted by Crippen LogP contribution is -2.40. The fourth-order valence-electron chi connectivity index (χ4n) is 2.67. The summed E-state index contributed by atoms with van der Waals surface area (Å²) >= 11 is 1.91. The van der Waals surface area contributed by atoms with Crippen LogP contribution in [0.5, 0.6) is 0 Å². The van der Waals surface area contributed by atoms with Gasteiger partial charge in [0.15, 0.2) is 0 Å². The Morgan fingerprint density at radius 2 is 2.48 bits per heavy atom. The highest BCUT2D eigenvalue weighted by molar-refractivity contribution is 7.99. The highest BCUT2D eigenvalue weighted by Gasteiger charge is 2.21. The van der Waals surface area contributed by atoms with Crippen molar-refractivity contribution in [2.75, 3.05) is 12.8 Å². The van der Waals surface area contributed by atoms with Crippen molar-refractivity contribution < 1.29 is 10.0 Å². The van der Waals surface area contributed by atoms with Gasteiger partial charge in [0.25, 0.3) is 0 Å². The van der Waals surface area contributed by atoms with E-state index < -0.39 is 11.0 Å². The number of hydrogen-bond donors (Lipinski definition) is 2. The van der Waals surface area contributed by atoms with Crippen molar-refractivity contribution in [2.24, 2.45) is 0 Å². The smallest absolute Gasteiger partial charge is 0.306 e. The van der Waals surface area contributed by atoms with E-state index in [1.165, 1.54) is 29.9 Å². The van der Waals surface area contributed by atoms with Crippen LogP contribution < -0.4 is 5.32 Å². The van der Waals surface area contributed by atoms with Crippen LogP contribution in [0.2, 0.25) is 0 Å². The molecule has 7 nitrogen and oxygen atoms in total. The van der Waals surface area contributed by atoms with E-state index in [1.54, 1.807) is 0 Å². The highest BCUT2D eigenvalue weighted by Crippen LogP contribution is 2.26. The summed E-state index contributed by atoms with van der Waals surface area (Å²) in [7, 11) is 0. The number of hydrogen-bond acceptors (Lipinski definition) is 6. The second-order valence-electron chi connectivity index (χ2n) is 5.46. The van der Waals surface area contributed by atoms with Gasteiger partial charge in [0.2, 0.25) is 0 Å². The molecule has 1 saturated carbocycles. The standard InChI is InChI=1S/C13H22N4O3S/c1-21-13-4-2-3-10(5-13)14-7-12(18)9-16-8-11(6-15-16)17(19)20/h6,8,10,12-14,18H,2-5,7,9H2,1H3. The summed E-state index contributed by atoms with van der Waals surface area (Å²) in [5.41, 5.74) is -0.0507. The highest BCUT2D eigenvalue weighted by atomic mass is 32.2. The van der Waals surface area contributed by atoms with E-state index in [1.807, 2.05) is 11.8 Å². The van der Waals surface area contributed by atoms with Crippen molar-refractivity contribution in [1.29, 1.82) is 0 Å². The summed E-state index contributed by atoms with van der Waals surface area (Å²) in [6.07, 6.45) is 8.88. The first kappa shape index (κ1) is 16.3. The summed E-state index contributed by atoms with van der Waals surface area (Å²) in [5.74, 6) is 0. The van der Waals surface area contributed by atoms with Crippen LogP contribution in [0.15, 0.2) is 12.4 Å². The van der Waals surface area contributed by atoms with E-state index in [0.29, 0.717) is 17.8 Å². The molecule has 2 N–H and O–H groups in total. The Balaban J connectivity index is 1.73. The summed E-state index contributed by atoms with van der Waals surface area (Å²) in [6, 6.07) is 0.456. The first-order valence-corrected chi connectivity index (χ1v) is 8.48. The monoisotopic (exact) mass is 314 g/mol. The molecule has 0 bridgehead atoms. The molecule has 0 aromatic carbocycles. The summed E-state index contributed by atoms with van der Waals surface area (Å²) < 4.78 is 1.41. The lowest BCUT2D eigenvalue weighted by Gasteiger charge is -2.29. The second kappa shape index (κ2) is 7.77. The third kappa shape index (κ3) is 4.98. The van der Waals surface area contributed by atoms with E-state index in [0.717, 1.165) is 12.8 Å². The van der Waals surface area contributed by atoms with Crippen molar-refractivity contribution >= 4 is 17.4 Å². The number of nitrogens with zero attached hydrogens (tertiary/aromatic N) is 3. The maximum absolute atomic E-state index is 10.6. The Bertz CT molecular complexity index is 468. The Morgan fingerprint density at radius 1 is 1.67 bits per heavy atom. The Morgan fingerprint density at radius 3 is 3.14 bits per heavy atom. The number of aliphatic hydroxyl groups excluding tert-OH is 1. The molecule has 2 rings (SSSR count). The van der Waals surface area contributed by atoms with Gasteiger partial charge < -0.3 is 10.4 Å². The zero-order chi connectivity index (χ0) is 15.2. The molecule has 118 valence electrons. The minimum Gasteiger partial charge on any atom is -0.390 e. The van der Waals surface area contributed by atoms with Gasteiger partial charge in [0.05, 0.1) is 17.6 Å². The van der Waals surface area contributed by atoms with Crippen molar-refractivity contribution in [3.63, 3.8) is 0 Å². The molecule has 0 radical (unpaired) electrons. The van der Waals surface area contributed by atoms with Crippen LogP contribution in [0.25, 0.3) is 0 Å². The lowest BCUT2D eigenvalue weighted by molar-refractivity contribution is -0.385. The van der Waals surface area contributed by atoms with Crippen molar-refractivity contribution in [3.8, 4) is 0 Å². The Kier molecular flexibility index (Phi) is 6.01. The number of thioether (sulfide) groups is 1. The molecule has 0 amide bonds. The quantitative estimate of drug-likeness (QED) is 0.584. The molecule has 21 heavy (non-hydrogen) atoms. The van der Waals surface area contributed by atoms with E-state index in [9.17, 15) is 15.2 Å². The maximum atomic E-state index is 10.6. The molecule has 1 aliphatic rings. The number of nitro groups is 1. The van der Waals surface area contributed by atoms with Crippen molar-refractivity contribution in [1.82, 2.24) is 15.1 Å². The molecule has 1 heterocycles. The topological polar surface area (TPSA) is 93.2 Å². The zero-order valence-corrected chi connectivity index (χ0v) is 13.0. The number of aromatic nitrogens is 2. The lowest BCUT2D eigenvalue weighted by atomic mass is 9.95. The molecule has 0 spiro atoms. The molecular weight excluding hydrogens is 292 g/mol. The molecule has 1 aliphatic carbocycles. The third-order valence-corrected chi connectivity index (χ3v) is 4.92. The van der Waals surface area contributed by atoms with Crippen molar-refractivity contribution in [3.05, 3.63) is 22.5 Å². The van der Waals surface area contributed by atoms with Crippen LogP contribution in [0.4, 0.5) is 5.69 Å². The molecule has 3 atom stereocenters. The Hall–Kier alpha value is -1.12. The second-order valence-corrected chi connectivity index (χ2v) is 6.60. The first-order valence-electron chi connectivity index (χ1n) is 7.19. The van der Waals surface area contributed by atoms with E-state index in [2.05, 4.69) is 16.7 Å². The van der Waals surface area contributed by atoms with Gasteiger partial charge in [-0.15, -0.1) is 0 Å². The summed E-state index contributed by atoms with van der Waals surface area (Å²) in [6.45, 7) is 0.749. The molecule has 1 aromatic heterocycles. The SMILES string of the molecule is CSC1CCCC(NCC(O)Cn2cc([N+](=O)[O-])cn2)C1. The molecule has 0 saturated heterocycles. The van der Waals surface area contributed by atoms with Gasteiger partial charge in [-0.25, -0.2) is 0 Å². The first-order chi connectivity index (χ1) is 10.1. The van der Waals surface area contributed by atoms with E-state index >= 15 is 0 Å². The van der Waals surface area contributed by atoms with Gasteiger partial charge >= 0.3 is 5.69 Å². The normalized spacial score (nSPS) is 23.9.